The number of methoxy groups -OCH3 is 1. The SMILES string of the molecule is COCc1noc(-c2ccccc2N(C(N)=O)[C@H]2C[C@H]3CCC[C@@H](C2)N3C)n1. The van der Waals surface area contributed by atoms with E-state index in [0.29, 0.717) is 29.4 Å². The summed E-state index contributed by atoms with van der Waals surface area (Å²) in [6.07, 6.45) is 5.43. The van der Waals surface area contributed by atoms with Crippen molar-refractivity contribution in [1.29, 1.82) is 0 Å². The Morgan fingerprint density at radius 1 is 1.32 bits per heavy atom. The minimum atomic E-state index is -0.447. The molecule has 1 aromatic carbocycles. The first-order chi connectivity index (χ1) is 13.6. The van der Waals surface area contributed by atoms with E-state index >= 15 is 0 Å². The molecule has 0 saturated carbocycles. The topological polar surface area (TPSA) is 97.7 Å². The highest BCUT2D eigenvalue weighted by Gasteiger charge is 2.40. The van der Waals surface area contributed by atoms with Crippen molar-refractivity contribution < 1.29 is 14.1 Å². The second kappa shape index (κ2) is 7.89. The summed E-state index contributed by atoms with van der Waals surface area (Å²) in [4.78, 5) is 21.1. The summed E-state index contributed by atoms with van der Waals surface area (Å²) in [5, 5.41) is 3.94. The molecule has 0 aliphatic carbocycles. The molecule has 2 bridgehead atoms. The standard InChI is InChI=1S/C20H27N5O3/c1-24-13-6-5-7-14(24)11-15(10-13)25(20(21)26)17-9-4-3-8-16(17)19-22-18(12-27-2)23-28-19/h3-4,8-9,13-15H,5-7,10-12H2,1-2H3,(H2,21,26)/t13-,14+,15+. The van der Waals surface area contributed by atoms with Gasteiger partial charge in [0.05, 0.1) is 11.3 Å². The van der Waals surface area contributed by atoms with E-state index in [4.69, 9.17) is 15.0 Å². The number of urea groups is 1. The van der Waals surface area contributed by atoms with Crippen LogP contribution >= 0.6 is 0 Å². The molecule has 150 valence electrons. The van der Waals surface area contributed by atoms with Crippen molar-refractivity contribution in [3.63, 3.8) is 0 Å². The van der Waals surface area contributed by atoms with E-state index < -0.39 is 6.03 Å². The van der Waals surface area contributed by atoms with Gasteiger partial charge in [0.15, 0.2) is 5.82 Å². The van der Waals surface area contributed by atoms with Gasteiger partial charge in [-0.15, -0.1) is 0 Å². The summed E-state index contributed by atoms with van der Waals surface area (Å²) < 4.78 is 10.5. The Hall–Kier alpha value is -2.45. The number of fused-ring (bicyclic) bond motifs is 2. The Kier molecular flexibility index (Phi) is 5.32. The Morgan fingerprint density at radius 2 is 2.04 bits per heavy atom. The summed E-state index contributed by atoms with van der Waals surface area (Å²) >= 11 is 0. The van der Waals surface area contributed by atoms with E-state index in [2.05, 4.69) is 22.1 Å². The van der Waals surface area contributed by atoms with Crippen LogP contribution in [0.2, 0.25) is 0 Å². The number of amides is 2. The van der Waals surface area contributed by atoms with E-state index in [0.717, 1.165) is 18.5 Å². The maximum absolute atomic E-state index is 12.5. The van der Waals surface area contributed by atoms with Crippen molar-refractivity contribution >= 4 is 11.7 Å². The molecule has 0 unspecified atom stereocenters. The number of nitrogens with two attached hydrogens (primary N) is 1. The molecule has 2 N–H and O–H groups in total. The number of aromatic nitrogens is 2. The van der Waals surface area contributed by atoms with Crippen LogP contribution < -0.4 is 10.6 Å². The Bertz CT molecular complexity index is 825. The summed E-state index contributed by atoms with van der Waals surface area (Å²) in [6.45, 7) is 0.267. The van der Waals surface area contributed by atoms with Crippen molar-refractivity contribution in [2.75, 3.05) is 19.1 Å². The van der Waals surface area contributed by atoms with E-state index in [1.165, 1.54) is 19.3 Å². The zero-order valence-corrected chi connectivity index (χ0v) is 16.4. The Labute approximate surface area is 164 Å². The Morgan fingerprint density at radius 3 is 2.71 bits per heavy atom. The molecule has 3 heterocycles. The summed E-state index contributed by atoms with van der Waals surface area (Å²) in [7, 11) is 3.78. The molecule has 2 aliphatic rings. The van der Waals surface area contributed by atoms with Gasteiger partial charge in [-0.1, -0.05) is 23.7 Å². The number of para-hydroxylation sites is 1. The van der Waals surface area contributed by atoms with Crippen LogP contribution in [0.1, 0.15) is 37.9 Å². The molecule has 2 aliphatic heterocycles. The lowest BCUT2D eigenvalue weighted by atomic mass is 9.81. The lowest BCUT2D eigenvalue weighted by molar-refractivity contribution is 0.0564. The Balaban J connectivity index is 1.68. The third-order valence-electron chi connectivity index (χ3n) is 6.05. The first-order valence-electron chi connectivity index (χ1n) is 9.80. The van der Waals surface area contributed by atoms with Crippen LogP contribution in [0.5, 0.6) is 0 Å². The normalized spacial score (nSPS) is 24.9. The van der Waals surface area contributed by atoms with Gasteiger partial charge in [0.25, 0.3) is 5.89 Å². The van der Waals surface area contributed by atoms with Crippen LogP contribution in [-0.4, -0.2) is 53.4 Å². The highest BCUT2D eigenvalue weighted by molar-refractivity contribution is 5.95. The number of hydrogen-bond donors (Lipinski definition) is 1. The zero-order valence-electron chi connectivity index (χ0n) is 16.4. The molecular weight excluding hydrogens is 358 g/mol. The quantitative estimate of drug-likeness (QED) is 0.850. The second-order valence-electron chi connectivity index (χ2n) is 7.70. The molecule has 8 heteroatoms. The van der Waals surface area contributed by atoms with Gasteiger partial charge in [0.2, 0.25) is 0 Å². The molecule has 1 aromatic heterocycles. The van der Waals surface area contributed by atoms with Crippen LogP contribution in [0.25, 0.3) is 11.5 Å². The van der Waals surface area contributed by atoms with Crippen LogP contribution in [0.15, 0.2) is 28.8 Å². The number of benzene rings is 1. The number of anilines is 1. The van der Waals surface area contributed by atoms with Crippen molar-refractivity contribution in [3.8, 4) is 11.5 Å². The van der Waals surface area contributed by atoms with E-state index in [-0.39, 0.29) is 12.6 Å². The van der Waals surface area contributed by atoms with Gasteiger partial charge in [-0.25, -0.2) is 4.79 Å². The van der Waals surface area contributed by atoms with Crippen molar-refractivity contribution in [2.24, 2.45) is 5.73 Å². The molecule has 2 fully saturated rings. The van der Waals surface area contributed by atoms with E-state index in [9.17, 15) is 4.79 Å². The van der Waals surface area contributed by atoms with Gasteiger partial charge in [-0.2, -0.15) is 4.98 Å². The number of rotatable bonds is 5. The molecule has 2 aromatic rings. The minimum Gasteiger partial charge on any atom is -0.377 e. The number of carbonyl (C=O) groups excluding carboxylic acids is 1. The van der Waals surface area contributed by atoms with Crippen LogP contribution in [0, 0.1) is 0 Å². The summed E-state index contributed by atoms with van der Waals surface area (Å²) in [6, 6.07) is 8.16. The molecule has 8 nitrogen and oxygen atoms in total. The van der Waals surface area contributed by atoms with Gasteiger partial charge >= 0.3 is 6.03 Å². The number of hydrogen-bond acceptors (Lipinski definition) is 6. The molecular formula is C20H27N5O3. The fraction of sp³-hybridized carbons (Fsp3) is 0.550. The largest absolute Gasteiger partial charge is 0.377 e. The average molecular weight is 385 g/mol. The van der Waals surface area contributed by atoms with Crippen molar-refractivity contribution in [1.82, 2.24) is 15.0 Å². The average Bonchev–Trinajstić information content (AvgIpc) is 3.11. The van der Waals surface area contributed by atoms with Gasteiger partial charge in [-0.05, 0) is 44.9 Å². The van der Waals surface area contributed by atoms with Gasteiger partial charge in [0.1, 0.15) is 6.61 Å². The zero-order chi connectivity index (χ0) is 19.7. The van der Waals surface area contributed by atoms with Crippen molar-refractivity contribution in [2.45, 2.75) is 56.8 Å². The van der Waals surface area contributed by atoms with Crippen LogP contribution in [-0.2, 0) is 11.3 Å². The number of primary amides is 1. The molecule has 0 radical (unpaired) electrons. The second-order valence-corrected chi connectivity index (χ2v) is 7.70. The maximum atomic E-state index is 12.5. The van der Waals surface area contributed by atoms with Gasteiger partial charge in [-0.3, -0.25) is 4.90 Å². The van der Waals surface area contributed by atoms with Gasteiger partial charge in [0, 0.05) is 25.2 Å². The highest BCUT2D eigenvalue weighted by atomic mass is 16.5. The molecule has 4 rings (SSSR count). The first kappa shape index (κ1) is 18.9. The third kappa shape index (κ3) is 3.49. The predicted octanol–water partition coefficient (Wildman–Crippen LogP) is 2.78. The summed E-state index contributed by atoms with van der Waals surface area (Å²) in [5.41, 5.74) is 7.30. The van der Waals surface area contributed by atoms with Gasteiger partial charge < -0.3 is 19.9 Å². The lowest BCUT2D eigenvalue weighted by Crippen LogP contribution is -2.57. The molecule has 28 heavy (non-hydrogen) atoms. The van der Waals surface area contributed by atoms with Crippen molar-refractivity contribution in [3.05, 3.63) is 30.1 Å². The van der Waals surface area contributed by atoms with Crippen LogP contribution in [0.4, 0.5) is 10.5 Å². The third-order valence-corrected chi connectivity index (χ3v) is 6.05. The monoisotopic (exact) mass is 385 g/mol. The maximum Gasteiger partial charge on any atom is 0.319 e. The van der Waals surface area contributed by atoms with E-state index in [1.807, 2.05) is 24.3 Å². The number of piperidine rings is 2. The number of carbonyl (C=O) groups is 1. The fourth-order valence-corrected chi connectivity index (χ4v) is 4.71. The molecule has 2 amide bonds. The minimum absolute atomic E-state index is 0.0616. The number of ether oxygens (including phenoxy) is 1. The molecule has 3 atom stereocenters. The fourth-order valence-electron chi connectivity index (χ4n) is 4.71. The van der Waals surface area contributed by atoms with E-state index in [1.54, 1.807) is 12.0 Å². The summed E-state index contributed by atoms with van der Waals surface area (Å²) in [5.74, 6) is 0.828. The predicted molar refractivity (Wildman–Crippen MR) is 105 cm³/mol. The smallest absolute Gasteiger partial charge is 0.319 e. The van der Waals surface area contributed by atoms with Crippen LogP contribution in [0.3, 0.4) is 0 Å². The molecule has 0 spiro atoms. The number of nitrogens with zero attached hydrogens (tertiary/aromatic N) is 4. The molecule has 2 saturated heterocycles. The first-order valence-corrected chi connectivity index (χ1v) is 9.80. The highest BCUT2D eigenvalue weighted by Crippen LogP contribution is 2.38. The lowest BCUT2D eigenvalue weighted by Gasteiger charge is -2.49.